The third-order valence-electron chi connectivity index (χ3n) is 2.84. The van der Waals surface area contributed by atoms with Gasteiger partial charge in [-0.15, -0.1) is 0 Å². The van der Waals surface area contributed by atoms with Gasteiger partial charge in [-0.1, -0.05) is 0 Å². The standard InChI is InChI=1S/C14H17N3O/c1-9-5-12(6-10(2)15-9)14(18)8-13-7-11(3)16-17(13)4/h5-7H,8H2,1-4H3. The number of hydrogen-bond donors (Lipinski definition) is 0. The summed E-state index contributed by atoms with van der Waals surface area (Å²) < 4.78 is 1.76. The van der Waals surface area contributed by atoms with Crippen LogP contribution in [0.1, 0.15) is 33.1 Å². The van der Waals surface area contributed by atoms with Crippen LogP contribution >= 0.6 is 0 Å². The van der Waals surface area contributed by atoms with Crippen molar-refractivity contribution in [1.82, 2.24) is 14.8 Å². The van der Waals surface area contributed by atoms with Gasteiger partial charge in [-0.05, 0) is 39.0 Å². The summed E-state index contributed by atoms with van der Waals surface area (Å²) in [6, 6.07) is 5.61. The van der Waals surface area contributed by atoms with Crippen LogP contribution in [0.4, 0.5) is 0 Å². The van der Waals surface area contributed by atoms with Gasteiger partial charge in [0.05, 0.1) is 12.1 Å². The number of rotatable bonds is 3. The third-order valence-corrected chi connectivity index (χ3v) is 2.84. The molecule has 0 N–H and O–H groups in total. The summed E-state index contributed by atoms with van der Waals surface area (Å²) >= 11 is 0. The normalized spacial score (nSPS) is 10.7. The van der Waals surface area contributed by atoms with Gasteiger partial charge in [0.1, 0.15) is 0 Å². The van der Waals surface area contributed by atoms with Crippen molar-refractivity contribution in [3.63, 3.8) is 0 Å². The predicted molar refractivity (Wildman–Crippen MR) is 69.7 cm³/mol. The predicted octanol–water partition coefficient (Wildman–Crippen LogP) is 2.17. The second-order valence-electron chi connectivity index (χ2n) is 4.64. The van der Waals surface area contributed by atoms with Gasteiger partial charge in [-0.3, -0.25) is 14.5 Å². The van der Waals surface area contributed by atoms with E-state index in [0.29, 0.717) is 6.42 Å². The van der Waals surface area contributed by atoms with Crippen LogP contribution in [0.25, 0.3) is 0 Å². The lowest BCUT2D eigenvalue weighted by molar-refractivity contribution is 0.0990. The summed E-state index contributed by atoms with van der Waals surface area (Å²) in [7, 11) is 1.86. The molecular weight excluding hydrogens is 226 g/mol. The maximum absolute atomic E-state index is 12.2. The molecular formula is C14H17N3O. The van der Waals surface area contributed by atoms with E-state index in [0.717, 1.165) is 28.3 Å². The van der Waals surface area contributed by atoms with E-state index < -0.39 is 0 Å². The highest BCUT2D eigenvalue weighted by Crippen LogP contribution is 2.10. The number of aromatic nitrogens is 3. The first kappa shape index (κ1) is 12.5. The molecule has 0 aliphatic carbocycles. The number of hydrogen-bond acceptors (Lipinski definition) is 3. The van der Waals surface area contributed by atoms with E-state index in [-0.39, 0.29) is 5.78 Å². The van der Waals surface area contributed by atoms with Gasteiger partial charge in [0, 0.05) is 29.7 Å². The molecule has 2 rings (SSSR count). The fraction of sp³-hybridized carbons (Fsp3) is 0.357. The number of ketones is 1. The largest absolute Gasteiger partial charge is 0.294 e. The fourth-order valence-corrected chi connectivity index (χ4v) is 2.09. The van der Waals surface area contributed by atoms with E-state index in [1.807, 2.05) is 46.0 Å². The smallest absolute Gasteiger partial charge is 0.168 e. The van der Waals surface area contributed by atoms with Crippen LogP contribution in [0.3, 0.4) is 0 Å². The number of aryl methyl sites for hydroxylation is 4. The van der Waals surface area contributed by atoms with Gasteiger partial charge in [0.2, 0.25) is 0 Å². The van der Waals surface area contributed by atoms with E-state index in [1.165, 1.54) is 0 Å². The Labute approximate surface area is 107 Å². The summed E-state index contributed by atoms with van der Waals surface area (Å²) in [5.74, 6) is 0.103. The number of Topliss-reactive ketones (excluding diaryl/α,β-unsaturated/α-hetero) is 1. The SMILES string of the molecule is Cc1cc(C(=O)Cc2cc(C)nn2C)cc(C)n1. The van der Waals surface area contributed by atoms with Gasteiger partial charge >= 0.3 is 0 Å². The minimum Gasteiger partial charge on any atom is -0.294 e. The van der Waals surface area contributed by atoms with Crippen LogP contribution < -0.4 is 0 Å². The highest BCUT2D eigenvalue weighted by Gasteiger charge is 2.11. The molecule has 0 spiro atoms. The number of nitrogens with zero attached hydrogens (tertiary/aromatic N) is 3. The highest BCUT2D eigenvalue weighted by molar-refractivity contribution is 5.97. The van der Waals surface area contributed by atoms with Gasteiger partial charge in [-0.2, -0.15) is 5.10 Å². The van der Waals surface area contributed by atoms with Crippen LogP contribution in [0.5, 0.6) is 0 Å². The monoisotopic (exact) mass is 243 g/mol. The van der Waals surface area contributed by atoms with Gasteiger partial charge in [-0.25, -0.2) is 0 Å². The molecule has 0 unspecified atom stereocenters. The Bertz CT molecular complexity index is 579. The Kier molecular flexibility index (Phi) is 3.28. The Morgan fingerprint density at radius 3 is 2.22 bits per heavy atom. The Hall–Kier alpha value is -1.97. The second-order valence-corrected chi connectivity index (χ2v) is 4.64. The Morgan fingerprint density at radius 1 is 1.11 bits per heavy atom. The van der Waals surface area contributed by atoms with Crippen molar-refractivity contribution < 1.29 is 4.79 Å². The average Bonchev–Trinajstić information content (AvgIpc) is 2.56. The third kappa shape index (κ3) is 2.64. The second kappa shape index (κ2) is 4.72. The van der Waals surface area contributed by atoms with Crippen molar-refractivity contribution >= 4 is 5.78 Å². The quantitative estimate of drug-likeness (QED) is 0.776. The average molecular weight is 243 g/mol. The molecule has 0 radical (unpaired) electrons. The molecule has 2 aromatic rings. The lowest BCUT2D eigenvalue weighted by atomic mass is 10.1. The molecule has 0 fully saturated rings. The number of pyridine rings is 1. The van der Waals surface area contributed by atoms with E-state index in [4.69, 9.17) is 0 Å². The van der Waals surface area contributed by atoms with Crippen molar-refractivity contribution in [2.24, 2.45) is 7.05 Å². The molecule has 2 heterocycles. The molecule has 18 heavy (non-hydrogen) atoms. The lowest BCUT2D eigenvalue weighted by Crippen LogP contribution is -2.09. The van der Waals surface area contributed by atoms with Crippen LogP contribution in [0.15, 0.2) is 18.2 Å². The first-order chi connectivity index (χ1) is 8.45. The van der Waals surface area contributed by atoms with Crippen LogP contribution in [0.2, 0.25) is 0 Å². The first-order valence-electron chi connectivity index (χ1n) is 5.93. The molecule has 0 atom stereocenters. The summed E-state index contributed by atoms with van der Waals surface area (Å²) in [6.45, 7) is 5.73. The molecule has 0 bridgehead atoms. The minimum atomic E-state index is 0.103. The summed E-state index contributed by atoms with van der Waals surface area (Å²) in [5.41, 5.74) is 4.34. The molecule has 94 valence electrons. The Morgan fingerprint density at radius 2 is 1.72 bits per heavy atom. The zero-order valence-electron chi connectivity index (χ0n) is 11.2. The zero-order valence-corrected chi connectivity index (χ0v) is 11.2. The van der Waals surface area contributed by atoms with Crippen molar-refractivity contribution in [1.29, 1.82) is 0 Å². The zero-order chi connectivity index (χ0) is 13.3. The van der Waals surface area contributed by atoms with Crippen LogP contribution in [-0.4, -0.2) is 20.5 Å². The van der Waals surface area contributed by atoms with E-state index >= 15 is 0 Å². The van der Waals surface area contributed by atoms with E-state index in [2.05, 4.69) is 10.1 Å². The van der Waals surface area contributed by atoms with E-state index in [9.17, 15) is 4.79 Å². The fourth-order valence-electron chi connectivity index (χ4n) is 2.09. The first-order valence-corrected chi connectivity index (χ1v) is 5.93. The molecule has 0 aromatic carbocycles. The number of carbonyl (C=O) groups is 1. The molecule has 4 heteroatoms. The maximum atomic E-state index is 12.2. The van der Waals surface area contributed by atoms with Gasteiger partial charge < -0.3 is 0 Å². The molecule has 0 aliphatic rings. The summed E-state index contributed by atoms with van der Waals surface area (Å²) in [6.07, 6.45) is 0.375. The van der Waals surface area contributed by atoms with Crippen molar-refractivity contribution in [2.75, 3.05) is 0 Å². The van der Waals surface area contributed by atoms with Gasteiger partial charge in [0.25, 0.3) is 0 Å². The van der Waals surface area contributed by atoms with Crippen LogP contribution in [-0.2, 0) is 13.5 Å². The molecule has 0 saturated carbocycles. The minimum absolute atomic E-state index is 0.103. The molecule has 4 nitrogen and oxygen atoms in total. The lowest BCUT2D eigenvalue weighted by Gasteiger charge is -2.04. The van der Waals surface area contributed by atoms with Gasteiger partial charge in [0.15, 0.2) is 5.78 Å². The van der Waals surface area contributed by atoms with Crippen molar-refractivity contribution in [2.45, 2.75) is 27.2 Å². The maximum Gasteiger partial charge on any atom is 0.168 e. The van der Waals surface area contributed by atoms with E-state index in [1.54, 1.807) is 4.68 Å². The topological polar surface area (TPSA) is 47.8 Å². The molecule has 2 aromatic heterocycles. The van der Waals surface area contributed by atoms with Crippen molar-refractivity contribution in [3.8, 4) is 0 Å². The molecule has 0 saturated heterocycles. The Balaban J connectivity index is 2.24. The summed E-state index contributed by atoms with van der Waals surface area (Å²) in [5, 5.41) is 4.24. The van der Waals surface area contributed by atoms with Crippen LogP contribution in [0, 0.1) is 20.8 Å². The molecule has 0 amide bonds. The molecule has 0 aliphatic heterocycles. The summed E-state index contributed by atoms with van der Waals surface area (Å²) in [4.78, 5) is 16.5. The van der Waals surface area contributed by atoms with Crippen molar-refractivity contribution in [3.05, 3.63) is 46.5 Å². The highest BCUT2D eigenvalue weighted by atomic mass is 16.1. The number of carbonyl (C=O) groups excluding carboxylic acids is 1.